The van der Waals surface area contributed by atoms with Gasteiger partial charge in [0.05, 0.1) is 33.3 Å². The predicted octanol–water partition coefficient (Wildman–Crippen LogP) is 25.3. The molecule has 0 saturated carbocycles. The van der Waals surface area contributed by atoms with Gasteiger partial charge in [0.25, 0.3) is 0 Å². The van der Waals surface area contributed by atoms with Crippen molar-refractivity contribution in [3.63, 3.8) is 0 Å². The van der Waals surface area contributed by atoms with Gasteiger partial charge >= 0.3 is 29.6 Å². The van der Waals surface area contributed by atoms with Gasteiger partial charge in [0, 0.05) is 61.0 Å². The molecule has 139 heavy (non-hydrogen) atoms. The Labute approximate surface area is 834 Å². The molecule has 0 heterocycles. The molecule has 17 aromatic carbocycles. The molecule has 0 aromatic heterocycles. The zero-order valence-electron chi connectivity index (χ0n) is 79.5. The topological polar surface area (TPSA) is 226 Å². The number of methoxy groups -OCH3 is 4. The number of carbonyl (C=O) groups excluding carboxylic acids is 5. The largest absolute Gasteiger partial charge is 1.00 e. The van der Waals surface area contributed by atoms with Gasteiger partial charge in [-0.05, 0) is 354 Å². The molecule has 0 amide bonds. The number of carbonyl (C=O) groups is 5. The van der Waals surface area contributed by atoms with Crippen molar-refractivity contribution in [3.05, 3.63) is 507 Å². The maximum atomic E-state index is 12.7. The third-order valence-corrected chi connectivity index (χ3v) is 23.3. The van der Waals surface area contributed by atoms with Crippen molar-refractivity contribution in [2.75, 3.05) is 28.4 Å². The van der Waals surface area contributed by atoms with Crippen molar-refractivity contribution in [2.24, 2.45) is 0 Å². The van der Waals surface area contributed by atoms with Crippen LogP contribution in [0, 0.1) is 41.5 Å². The summed E-state index contributed by atoms with van der Waals surface area (Å²) in [5.74, 6) is 8.69. The summed E-state index contributed by atoms with van der Waals surface area (Å²) in [6.07, 6.45) is 0. The monoisotopic (exact) mass is 1870 g/mol. The van der Waals surface area contributed by atoms with Gasteiger partial charge in [0.2, 0.25) is 0 Å². The molecule has 17 aromatic rings. The average Bonchev–Trinajstić information content (AvgIpc) is 0.806. The maximum absolute atomic E-state index is 12.7. The average molecular weight is 1870 g/mol. The van der Waals surface area contributed by atoms with E-state index in [0.717, 1.165) is 62.7 Å². The van der Waals surface area contributed by atoms with E-state index in [0.29, 0.717) is 89.9 Å². The van der Waals surface area contributed by atoms with Crippen LogP contribution in [0.15, 0.2) is 411 Å². The number of benzene rings is 17. The Kier molecular flexibility index (Phi) is 35.7. The third kappa shape index (κ3) is 28.9. The first-order chi connectivity index (χ1) is 66.5. The molecule has 0 unspecified atom stereocenters. The fourth-order valence-corrected chi connectivity index (χ4v) is 15.0. The van der Waals surface area contributed by atoms with Crippen molar-refractivity contribution in [1.29, 1.82) is 0 Å². The fraction of sp³-hybridized carbons (Fsp3) is 0.108. The van der Waals surface area contributed by atoms with Crippen LogP contribution in [0.1, 0.15) is 138 Å². The minimum absolute atomic E-state index is 0. The Balaban J connectivity index is 0.000000156. The van der Waals surface area contributed by atoms with Crippen LogP contribution in [-0.2, 0) is 15.5 Å². The van der Waals surface area contributed by atoms with Crippen LogP contribution in [0.4, 0.5) is 0 Å². The molecule has 0 N–H and O–H groups in total. The minimum Gasteiger partial charge on any atom is -0.744 e. The Morgan fingerprint density at radius 3 is 0.691 bits per heavy atom. The molecule has 0 bridgehead atoms. The molecule has 0 spiro atoms. The van der Waals surface area contributed by atoms with E-state index in [1.54, 1.807) is 211 Å². The van der Waals surface area contributed by atoms with Crippen molar-refractivity contribution < 1.29 is 109 Å². The second-order valence-electron chi connectivity index (χ2n) is 33.0. The number of ketones is 5. The smallest absolute Gasteiger partial charge is 0.744 e. The third-order valence-electron chi connectivity index (χ3n) is 22.4. The number of rotatable bonds is 28. The van der Waals surface area contributed by atoms with Crippen LogP contribution in [0.2, 0.25) is 0 Å². The number of aryl methyl sites for hydroxylation is 6. The Bertz CT molecular complexity index is 7090. The second kappa shape index (κ2) is 48.6. The molecule has 17 rings (SSSR count). The van der Waals surface area contributed by atoms with E-state index in [-0.39, 0.29) is 69.6 Å². The number of hydrogen-bond donors (Lipinski definition) is 0. The number of hydrogen-bond acceptors (Lipinski definition) is 17. The van der Waals surface area contributed by atoms with Gasteiger partial charge in [-0.1, -0.05) is 163 Å². The van der Waals surface area contributed by atoms with Gasteiger partial charge in [-0.15, -0.1) is 0 Å². The maximum Gasteiger partial charge on any atom is 1.00 e. The van der Waals surface area contributed by atoms with Crippen molar-refractivity contribution in [1.82, 2.24) is 0 Å². The van der Waals surface area contributed by atoms with E-state index < -0.39 is 15.0 Å². The summed E-state index contributed by atoms with van der Waals surface area (Å²) in [7, 11) is 1.68. The fourth-order valence-electron chi connectivity index (χ4n) is 14.3. The Hall–Kier alpha value is -15.8. The zero-order chi connectivity index (χ0) is 97.8. The van der Waals surface area contributed by atoms with Gasteiger partial charge < -0.3 is 47.2 Å². The summed E-state index contributed by atoms with van der Waals surface area (Å²) in [4.78, 5) is 62.3. The second-order valence-corrected chi connectivity index (χ2v) is 34.3. The first-order valence-electron chi connectivity index (χ1n) is 44.3. The normalized spacial score (nSPS) is 10.6. The SMILES string of the molecule is COc1ccc(C(=O)c2ccc(Oc3ccc(-c4ccc(C)cc4)cc3)cc2)cc1.COc1ccc(C(=O)c2ccc(Oc3ccc(C(C)(C)c4ccc(C)cc4)cc3)cc2)cc1.COc1ccc(C(=O)c2ccc(Oc3ccc(C)cc3)cc2)cc1.COc1ccc(C(=O)c2ccc(Oc3ccc(C)cc3S(=O)(=O)[O-])cc2)cc1.Cc1ccc(C(=O)c2ccc(Oc3cccc(C)c3)cc2)cc1.[Na+]. The van der Waals surface area contributed by atoms with E-state index in [2.05, 4.69) is 88.4 Å². The minimum atomic E-state index is -4.68. The first-order valence-corrected chi connectivity index (χ1v) is 45.8. The van der Waals surface area contributed by atoms with Crippen molar-refractivity contribution in [2.45, 2.75) is 65.7 Å². The Morgan fingerprint density at radius 1 is 0.223 bits per heavy atom. The summed E-state index contributed by atoms with van der Waals surface area (Å²) in [6.45, 7) is 16.4. The molecule has 692 valence electrons. The van der Waals surface area contributed by atoms with E-state index in [1.807, 2.05) is 166 Å². The van der Waals surface area contributed by atoms with Crippen molar-refractivity contribution >= 4 is 39.0 Å². The summed E-state index contributed by atoms with van der Waals surface area (Å²) >= 11 is 0. The molecule has 0 fully saturated rings. The molecule has 0 aliphatic rings. The van der Waals surface area contributed by atoms with Gasteiger partial charge in [-0.3, -0.25) is 24.0 Å². The summed E-state index contributed by atoms with van der Waals surface area (Å²) in [5.41, 5.74) is 17.3. The molecule has 0 aliphatic carbocycles. The van der Waals surface area contributed by atoms with Crippen LogP contribution >= 0.6 is 0 Å². The first kappa shape index (κ1) is 102. The van der Waals surface area contributed by atoms with Crippen LogP contribution in [0.25, 0.3) is 11.1 Å². The van der Waals surface area contributed by atoms with E-state index in [1.165, 1.54) is 57.6 Å². The molecule has 0 radical (unpaired) electrons. The van der Waals surface area contributed by atoms with E-state index >= 15 is 0 Å². The molecule has 0 atom stereocenters. The zero-order valence-corrected chi connectivity index (χ0v) is 82.3. The van der Waals surface area contributed by atoms with Crippen LogP contribution in [0.3, 0.4) is 0 Å². The quantitative estimate of drug-likeness (QED) is 0.0252. The molecule has 19 heteroatoms. The molecule has 0 aliphatic heterocycles. The molecule has 17 nitrogen and oxygen atoms in total. The van der Waals surface area contributed by atoms with Crippen LogP contribution < -0.4 is 72.2 Å². The van der Waals surface area contributed by atoms with E-state index in [4.69, 9.17) is 42.6 Å². The standard InChI is InChI=1S/C30H28O3.C27H22O3.C21H18O6S.C21H18O3.C21H18O2.Na/c1-21-5-11-24(12-6-21)30(2,3)25-13-19-28(20-14-25)33-27-17-9-23(10-18-27)29(31)22-7-15-26(32-4)16-8-22;1-19-3-5-20(6-4-19)21-7-15-25(16-8-21)30-26-17-11-23(12-18-26)27(28)22-9-13-24(29-2)14-10-22;1-14-3-12-19(20(13-14)28(23,24)25)27-18-10-6-16(7-11-18)21(22)15-4-8-17(26-2)9-5-15;1-15-3-9-19(10-4-15)24-20-13-7-17(8-14-20)21(22)16-5-11-18(23-2)12-6-16;1-15-6-8-17(9-7-15)21(22)18-10-12-19(13-11-18)23-20-5-3-4-16(2)14-20;/h5-20H,1-4H3;3-18H,1-2H3;3-13H,1-2H3,(H,23,24,25);3-14H,1-2H3;3-14H,1-2H3;/q;;;;;+1/p-1. The summed E-state index contributed by atoms with van der Waals surface area (Å²) in [5, 5.41) is 0. The number of ether oxygens (including phenoxy) is 9. The van der Waals surface area contributed by atoms with Gasteiger partial charge in [0.1, 0.15) is 90.6 Å². The van der Waals surface area contributed by atoms with E-state index in [9.17, 15) is 36.9 Å². The van der Waals surface area contributed by atoms with Gasteiger partial charge in [-0.2, -0.15) is 0 Å². The molecule has 0 saturated heterocycles. The van der Waals surface area contributed by atoms with Gasteiger partial charge in [0.15, 0.2) is 28.9 Å². The van der Waals surface area contributed by atoms with Crippen LogP contribution in [-0.4, -0.2) is 70.3 Å². The van der Waals surface area contributed by atoms with Crippen LogP contribution in [0.5, 0.6) is 80.5 Å². The summed E-state index contributed by atoms with van der Waals surface area (Å²) < 4.78 is 83.9. The predicted molar refractivity (Wildman–Crippen MR) is 541 cm³/mol. The van der Waals surface area contributed by atoms with Gasteiger partial charge in [-0.25, -0.2) is 8.42 Å². The molecular weight excluding hydrogens is 1770 g/mol. The Morgan fingerprint density at radius 2 is 0.417 bits per heavy atom. The molecular formula is C120H103NaO17S. The van der Waals surface area contributed by atoms with Crippen molar-refractivity contribution in [3.8, 4) is 91.6 Å². The summed E-state index contributed by atoms with van der Waals surface area (Å²) in [6, 6.07) is 124.